The predicted molar refractivity (Wildman–Crippen MR) is 161 cm³/mol. The number of carbonyl (C=O) groups is 1. The number of aliphatic hydroxyl groups excluding tert-OH is 2. The molecule has 9 unspecified atom stereocenters. The van der Waals surface area contributed by atoms with Crippen LogP contribution in [0.3, 0.4) is 0 Å². The SMILES string of the molecule is C/C=C1/C(OC(=O)N2CCOCC2)CCC23CC24CCC2(C)C5C(OC(C(O)C(C)(C)O)C[C@H]5C)[C@H](O)[C@@]2(C)C4CC[C@@H]13. The normalized spacial score (nSPS) is 52.3. The van der Waals surface area contributed by atoms with Crippen molar-refractivity contribution in [2.45, 2.75) is 129 Å². The van der Waals surface area contributed by atoms with E-state index in [9.17, 15) is 20.1 Å². The highest BCUT2D eigenvalue weighted by molar-refractivity contribution is 5.68. The Kier molecular flexibility index (Phi) is 7.02. The van der Waals surface area contributed by atoms with Crippen molar-refractivity contribution in [3.8, 4) is 0 Å². The van der Waals surface area contributed by atoms with Crippen molar-refractivity contribution in [3.63, 3.8) is 0 Å². The summed E-state index contributed by atoms with van der Waals surface area (Å²) in [7, 11) is 0. The maximum absolute atomic E-state index is 13.1. The fourth-order valence-corrected chi connectivity index (χ4v) is 12.6. The number of nitrogens with zero attached hydrogens (tertiary/aromatic N) is 1. The number of allylic oxidation sites excluding steroid dienone is 1. The highest BCUT2D eigenvalue weighted by Crippen LogP contribution is 2.88. The van der Waals surface area contributed by atoms with Gasteiger partial charge in [0.15, 0.2) is 0 Å². The summed E-state index contributed by atoms with van der Waals surface area (Å²) in [5.41, 5.74) is 0.160. The molecule has 43 heavy (non-hydrogen) atoms. The van der Waals surface area contributed by atoms with Gasteiger partial charge in [-0.25, -0.2) is 4.79 Å². The first-order valence-corrected chi connectivity index (χ1v) is 17.2. The minimum atomic E-state index is -1.26. The molecule has 3 N–H and O–H groups in total. The summed E-state index contributed by atoms with van der Waals surface area (Å²) >= 11 is 0. The van der Waals surface area contributed by atoms with Gasteiger partial charge in [0, 0.05) is 18.5 Å². The molecule has 7 aliphatic rings. The lowest BCUT2D eigenvalue weighted by atomic mass is 9.42. The number of carbonyl (C=O) groups excluding carboxylic acids is 1. The first kappa shape index (κ1) is 30.5. The van der Waals surface area contributed by atoms with Gasteiger partial charge >= 0.3 is 6.09 Å². The van der Waals surface area contributed by atoms with Crippen LogP contribution in [0.2, 0.25) is 0 Å². The van der Waals surface area contributed by atoms with Crippen LogP contribution in [0.1, 0.15) is 92.9 Å². The Bertz CT molecular complexity index is 1160. The first-order chi connectivity index (χ1) is 20.2. The van der Waals surface area contributed by atoms with Crippen LogP contribution in [-0.2, 0) is 14.2 Å². The lowest BCUT2D eigenvalue weighted by molar-refractivity contribution is -0.202. The zero-order valence-corrected chi connectivity index (χ0v) is 27.2. The lowest BCUT2D eigenvalue weighted by Crippen LogP contribution is -2.58. The summed E-state index contributed by atoms with van der Waals surface area (Å²) in [4.78, 5) is 14.9. The number of aliphatic hydroxyl groups is 3. The van der Waals surface area contributed by atoms with E-state index < -0.39 is 23.9 Å². The molecule has 0 radical (unpaired) electrons. The Balaban J connectivity index is 1.14. The van der Waals surface area contributed by atoms with Crippen molar-refractivity contribution in [3.05, 3.63) is 11.6 Å². The maximum Gasteiger partial charge on any atom is 0.410 e. The summed E-state index contributed by atoms with van der Waals surface area (Å²) in [5, 5.41) is 33.9. The van der Waals surface area contributed by atoms with Crippen LogP contribution in [0.4, 0.5) is 4.79 Å². The summed E-state index contributed by atoms with van der Waals surface area (Å²) in [6.45, 7) is 14.8. The van der Waals surface area contributed by atoms with Crippen molar-refractivity contribution >= 4 is 6.09 Å². The Hall–Kier alpha value is -1.19. The minimum absolute atomic E-state index is 0.0536. The zero-order valence-electron chi connectivity index (χ0n) is 27.2. The average Bonchev–Trinajstić information content (AvgIpc) is 3.61. The standard InChI is InChI=1S/C35H55NO7/c1-7-21-22-8-9-25-33(6)29(38)27-26(20(2)18-24(42-27)28(37)31(3,4)40)32(33,5)12-13-35(25)19-34(22,35)11-10-23(21)43-30(39)36-14-16-41-17-15-36/h7,20,22-29,37-38,40H,8-19H2,1-6H3/b21-7+/t20-,22+,23?,24?,25?,26?,27?,28?,29+,32?,33-,34?,35?/m1/s1. The summed E-state index contributed by atoms with van der Waals surface area (Å²) in [5.74, 6) is 1.35. The Morgan fingerprint density at radius 2 is 1.84 bits per heavy atom. The van der Waals surface area contributed by atoms with Crippen LogP contribution in [0.15, 0.2) is 11.6 Å². The molecular formula is C35H55NO7. The molecule has 2 saturated heterocycles. The van der Waals surface area contributed by atoms with Crippen molar-refractivity contribution in [2.75, 3.05) is 26.3 Å². The van der Waals surface area contributed by atoms with Gasteiger partial charge in [0.25, 0.3) is 0 Å². The lowest BCUT2D eigenvalue weighted by Gasteiger charge is -2.62. The second-order valence-electron chi connectivity index (χ2n) is 16.6. The van der Waals surface area contributed by atoms with Gasteiger partial charge in [-0.2, -0.15) is 0 Å². The third kappa shape index (κ3) is 3.95. The molecule has 5 aliphatic carbocycles. The van der Waals surface area contributed by atoms with E-state index in [1.165, 1.54) is 18.4 Å². The molecule has 242 valence electrons. The van der Waals surface area contributed by atoms with E-state index in [1.54, 1.807) is 18.7 Å². The Morgan fingerprint density at radius 1 is 1.12 bits per heavy atom. The quantitative estimate of drug-likeness (QED) is 0.403. The third-order valence-corrected chi connectivity index (χ3v) is 14.7. The van der Waals surface area contributed by atoms with Gasteiger partial charge in [-0.05, 0) is 118 Å². The highest BCUT2D eigenvalue weighted by Gasteiger charge is 2.84. The highest BCUT2D eigenvalue weighted by atomic mass is 16.6. The molecule has 0 aromatic rings. The minimum Gasteiger partial charge on any atom is -0.442 e. The average molecular weight is 602 g/mol. The van der Waals surface area contributed by atoms with Crippen LogP contribution in [0.25, 0.3) is 0 Å². The maximum atomic E-state index is 13.1. The van der Waals surface area contributed by atoms with Crippen LogP contribution in [-0.4, -0.2) is 88.7 Å². The molecular weight excluding hydrogens is 546 g/mol. The van der Waals surface area contributed by atoms with Crippen molar-refractivity contribution < 1.29 is 34.3 Å². The van der Waals surface area contributed by atoms with Gasteiger partial charge in [-0.1, -0.05) is 26.8 Å². The molecule has 0 aromatic carbocycles. The van der Waals surface area contributed by atoms with Gasteiger partial charge in [0.05, 0.1) is 37.1 Å². The molecule has 7 fully saturated rings. The van der Waals surface area contributed by atoms with Crippen molar-refractivity contribution in [1.82, 2.24) is 4.90 Å². The van der Waals surface area contributed by atoms with Crippen LogP contribution in [0, 0.1) is 45.3 Å². The van der Waals surface area contributed by atoms with Gasteiger partial charge in [-0.15, -0.1) is 0 Å². The Labute approximate surface area is 257 Å². The summed E-state index contributed by atoms with van der Waals surface area (Å²) in [6.07, 6.45) is 7.74. The van der Waals surface area contributed by atoms with Crippen LogP contribution in [0.5, 0.6) is 0 Å². The van der Waals surface area contributed by atoms with Gasteiger partial charge in [0.2, 0.25) is 0 Å². The molecule has 2 spiro atoms. The van der Waals surface area contributed by atoms with Crippen molar-refractivity contribution in [2.24, 2.45) is 45.3 Å². The van der Waals surface area contributed by atoms with Crippen molar-refractivity contribution in [1.29, 1.82) is 0 Å². The molecule has 2 aliphatic heterocycles. The summed E-state index contributed by atoms with van der Waals surface area (Å²) in [6, 6.07) is 0. The van der Waals surface area contributed by atoms with Crippen LogP contribution >= 0.6 is 0 Å². The number of fused-ring (bicyclic) bond motifs is 4. The van der Waals surface area contributed by atoms with Crippen LogP contribution < -0.4 is 0 Å². The molecule has 8 heteroatoms. The number of rotatable bonds is 3. The van der Waals surface area contributed by atoms with E-state index in [4.69, 9.17) is 14.2 Å². The molecule has 8 nitrogen and oxygen atoms in total. The monoisotopic (exact) mass is 601 g/mol. The fraction of sp³-hybridized carbons (Fsp3) is 0.914. The van der Waals surface area contributed by atoms with E-state index in [1.807, 2.05) is 0 Å². The topological polar surface area (TPSA) is 109 Å². The number of ether oxygens (including phenoxy) is 3. The third-order valence-electron chi connectivity index (χ3n) is 14.7. The molecule has 13 atom stereocenters. The molecule has 7 rings (SSSR count). The number of hydrogen-bond acceptors (Lipinski definition) is 7. The second kappa shape index (κ2) is 9.90. The first-order valence-electron chi connectivity index (χ1n) is 17.2. The predicted octanol–water partition coefficient (Wildman–Crippen LogP) is 4.69. The van der Waals surface area contributed by atoms with E-state index in [2.05, 4.69) is 33.8 Å². The van der Waals surface area contributed by atoms with E-state index in [0.29, 0.717) is 44.6 Å². The largest absolute Gasteiger partial charge is 0.442 e. The van der Waals surface area contributed by atoms with Gasteiger partial charge in [-0.3, -0.25) is 0 Å². The summed E-state index contributed by atoms with van der Waals surface area (Å²) < 4.78 is 18.3. The molecule has 1 amide bonds. The molecule has 5 saturated carbocycles. The fourth-order valence-electron chi connectivity index (χ4n) is 12.6. The Morgan fingerprint density at radius 3 is 2.51 bits per heavy atom. The van der Waals surface area contributed by atoms with Gasteiger partial charge in [0.1, 0.15) is 12.2 Å². The van der Waals surface area contributed by atoms with E-state index in [-0.39, 0.29) is 51.8 Å². The van der Waals surface area contributed by atoms with E-state index in [0.717, 1.165) is 32.1 Å². The zero-order chi connectivity index (χ0) is 30.7. The second-order valence-corrected chi connectivity index (χ2v) is 16.6. The smallest absolute Gasteiger partial charge is 0.410 e. The number of hydrogen-bond donors (Lipinski definition) is 3. The molecule has 0 bridgehead atoms. The molecule has 2 heterocycles. The molecule has 0 aromatic heterocycles. The number of morpholine rings is 1. The van der Waals surface area contributed by atoms with Gasteiger partial charge < -0.3 is 34.4 Å². The van der Waals surface area contributed by atoms with E-state index >= 15 is 0 Å². The number of amides is 1.